The third-order valence-electron chi connectivity index (χ3n) is 0.440. The van der Waals surface area contributed by atoms with E-state index >= 15 is 0 Å². The lowest BCUT2D eigenvalue weighted by molar-refractivity contribution is 0.376. The van der Waals surface area contributed by atoms with Crippen molar-refractivity contribution in [1.82, 2.24) is 0 Å². The second-order valence-electron chi connectivity index (χ2n) is 1.04. The Labute approximate surface area is 44.1 Å². The predicted octanol–water partition coefficient (Wildman–Crippen LogP) is -0.970. The van der Waals surface area contributed by atoms with Crippen LogP contribution in [-0.2, 0) is 0 Å². The normalized spacial score (nSPS) is 8.17. The average Bonchev–Trinajstić information content (AvgIpc) is 1.61. The summed E-state index contributed by atoms with van der Waals surface area (Å²) in [5.41, 5.74) is 0. The maximum Gasteiger partial charge on any atom is 0.186 e. The van der Waals surface area contributed by atoms with Crippen molar-refractivity contribution in [3.8, 4) is 0 Å². The lowest BCUT2D eigenvalue weighted by atomic mass is 9.86. The van der Waals surface area contributed by atoms with Crippen molar-refractivity contribution >= 4 is 26.0 Å². The van der Waals surface area contributed by atoms with Gasteiger partial charge in [0.15, 0.2) is 6.56 Å². The van der Waals surface area contributed by atoms with E-state index < -0.39 is 0 Å². The summed E-state index contributed by atoms with van der Waals surface area (Å²) in [6.07, 6.45) is 1.16. The molecule has 0 aliphatic rings. The van der Waals surface area contributed by atoms with Gasteiger partial charge in [-0.1, -0.05) is 6.22 Å². The third-order valence-corrected chi connectivity index (χ3v) is 1.32. The maximum absolute atomic E-state index is 8.16. The highest BCUT2D eigenvalue weighted by atomic mass is 32.2. The van der Waals surface area contributed by atoms with Gasteiger partial charge >= 0.3 is 0 Å². The van der Waals surface area contributed by atoms with Crippen LogP contribution in [0.1, 0.15) is 0 Å². The molecule has 0 aromatic heterocycles. The van der Waals surface area contributed by atoms with Crippen LogP contribution < -0.4 is 0 Å². The van der Waals surface area contributed by atoms with Crippen molar-refractivity contribution in [3.05, 3.63) is 0 Å². The first-order valence-electron chi connectivity index (χ1n) is 2.10. The first-order chi connectivity index (χ1) is 2.91. The molecule has 0 atom stereocenters. The predicted molar refractivity (Wildman–Crippen MR) is 35.2 cm³/mol. The highest BCUT2D eigenvalue weighted by Gasteiger charge is 1.80. The fourth-order valence-corrected chi connectivity index (χ4v) is 0.627. The van der Waals surface area contributed by atoms with E-state index in [-0.39, 0.29) is 5.94 Å². The van der Waals surface area contributed by atoms with Gasteiger partial charge in [0, 0.05) is 0 Å². The van der Waals surface area contributed by atoms with Gasteiger partial charge in [-0.3, -0.25) is 0 Å². The van der Waals surface area contributed by atoms with Gasteiger partial charge in [-0.2, -0.15) is 11.6 Å². The van der Waals surface area contributed by atoms with E-state index in [1.807, 2.05) is 0 Å². The molecule has 6 heavy (non-hydrogen) atoms. The van der Waals surface area contributed by atoms with Gasteiger partial charge in [0.25, 0.3) is 0 Å². The molecule has 0 fully saturated rings. The molecule has 0 saturated heterocycles. The lowest BCUT2D eigenvalue weighted by Crippen LogP contribution is -1.82. The summed E-state index contributed by atoms with van der Waals surface area (Å²) in [5.74, 6) is 0.272. The van der Waals surface area contributed by atoms with Crippen molar-refractivity contribution in [3.63, 3.8) is 0 Å². The Balaban J connectivity index is 2.34. The Kier molecular flexibility index (Phi) is 5.84. The number of hydrogen-bond donors (Lipinski definition) is 1. The Morgan fingerprint density at radius 1 is 1.83 bits per heavy atom. The maximum atomic E-state index is 8.16. The molecule has 0 spiro atoms. The Bertz CT molecular complexity index is 23.5. The van der Waals surface area contributed by atoms with Gasteiger partial charge in [0.2, 0.25) is 0 Å². The van der Waals surface area contributed by atoms with Crippen molar-refractivity contribution in [2.24, 2.45) is 0 Å². The summed E-state index contributed by atoms with van der Waals surface area (Å²) >= 11 is 1.56. The van der Waals surface area contributed by atoms with Crippen molar-refractivity contribution in [2.45, 2.75) is 6.22 Å². The molecule has 34 valence electrons. The van der Waals surface area contributed by atoms with Crippen LogP contribution in [0.4, 0.5) is 0 Å². The minimum atomic E-state index is 0.272. The van der Waals surface area contributed by atoms with Crippen molar-refractivity contribution in [1.29, 1.82) is 0 Å². The van der Waals surface area contributed by atoms with E-state index in [1.54, 1.807) is 11.6 Å². The van der Waals surface area contributed by atoms with Crippen LogP contribution in [0.5, 0.6) is 0 Å². The second-order valence-corrected chi connectivity index (χ2v) is 2.11. The minimum Gasteiger partial charge on any atom is -0.387 e. The van der Waals surface area contributed by atoms with E-state index in [0.29, 0.717) is 0 Å². The SMILES string of the molecule is BCBSCO. The molecule has 0 radical (unpaired) electrons. The van der Waals surface area contributed by atoms with Gasteiger partial charge < -0.3 is 5.11 Å². The molecule has 0 amide bonds. The highest BCUT2D eigenvalue weighted by Crippen LogP contribution is 1.92. The summed E-state index contributed by atoms with van der Waals surface area (Å²) in [6, 6.07) is 0. The summed E-state index contributed by atoms with van der Waals surface area (Å²) in [5, 5.41) is 8.16. The molecule has 1 N–H and O–H groups in total. The van der Waals surface area contributed by atoms with Crippen molar-refractivity contribution in [2.75, 3.05) is 5.94 Å². The number of aliphatic hydroxyl groups excluding tert-OH is 1. The fraction of sp³-hybridized carbons (Fsp3) is 1.00. The van der Waals surface area contributed by atoms with E-state index in [4.69, 9.17) is 5.11 Å². The first-order valence-corrected chi connectivity index (χ1v) is 3.26. The van der Waals surface area contributed by atoms with Gasteiger partial charge in [-0.15, -0.1) is 0 Å². The molecule has 0 heterocycles. The molecule has 0 rings (SSSR count). The minimum absolute atomic E-state index is 0.272. The molecule has 0 saturated carbocycles. The van der Waals surface area contributed by atoms with E-state index in [2.05, 4.69) is 7.85 Å². The van der Waals surface area contributed by atoms with Crippen LogP contribution in [0, 0.1) is 0 Å². The lowest BCUT2D eigenvalue weighted by Gasteiger charge is -1.84. The summed E-state index contributed by atoms with van der Waals surface area (Å²) in [4.78, 5) is 0. The second kappa shape index (κ2) is 5.44. The van der Waals surface area contributed by atoms with Gasteiger partial charge in [0.05, 0.1) is 13.8 Å². The van der Waals surface area contributed by atoms with E-state index in [1.165, 1.54) is 0 Å². The summed E-state index contributed by atoms with van der Waals surface area (Å²) < 4.78 is 0. The summed E-state index contributed by atoms with van der Waals surface area (Å²) in [7, 11) is 2.10. The Morgan fingerprint density at radius 3 is 2.67 bits per heavy atom. The zero-order valence-corrected chi connectivity index (χ0v) is 4.79. The quantitative estimate of drug-likeness (QED) is 0.281. The number of aliphatic hydroxyl groups is 1. The zero-order chi connectivity index (χ0) is 4.83. The number of hydrogen-bond acceptors (Lipinski definition) is 2. The molecule has 0 aliphatic heterocycles. The van der Waals surface area contributed by atoms with Gasteiger partial charge in [-0.25, -0.2) is 0 Å². The highest BCUT2D eigenvalue weighted by molar-refractivity contribution is 8.22. The molecule has 4 heteroatoms. The molecule has 0 aromatic carbocycles. The van der Waals surface area contributed by atoms with Crippen LogP contribution in [0.25, 0.3) is 0 Å². The van der Waals surface area contributed by atoms with Crippen LogP contribution in [0.15, 0.2) is 0 Å². The Hall–Kier alpha value is 0.440. The monoisotopic (exact) mass is 102 g/mol. The Morgan fingerprint density at radius 2 is 2.50 bits per heavy atom. The standard InChI is InChI=1S/C2H8B2OS/c3-1-4-6-2-5/h4-5H,1-3H2. The largest absolute Gasteiger partial charge is 0.387 e. The topological polar surface area (TPSA) is 20.2 Å². The van der Waals surface area contributed by atoms with E-state index in [9.17, 15) is 0 Å². The average molecular weight is 102 g/mol. The molecule has 1 nitrogen and oxygen atoms in total. The molecular weight excluding hydrogens is 93.7 g/mol. The van der Waals surface area contributed by atoms with Crippen LogP contribution >= 0.6 is 11.6 Å². The smallest absolute Gasteiger partial charge is 0.186 e. The molecule has 0 bridgehead atoms. The third kappa shape index (κ3) is 4.44. The van der Waals surface area contributed by atoms with E-state index in [0.717, 1.165) is 12.8 Å². The zero-order valence-electron chi connectivity index (χ0n) is 3.98. The fourth-order valence-electron chi connectivity index (χ4n) is 0.209. The van der Waals surface area contributed by atoms with Gasteiger partial charge in [0.1, 0.15) is 0 Å². The first kappa shape index (κ1) is 6.44. The van der Waals surface area contributed by atoms with Crippen LogP contribution in [0.3, 0.4) is 0 Å². The van der Waals surface area contributed by atoms with Crippen molar-refractivity contribution < 1.29 is 5.11 Å². The molecule has 0 unspecified atom stereocenters. The van der Waals surface area contributed by atoms with Crippen LogP contribution in [0.2, 0.25) is 6.22 Å². The molecular formula is C2H8B2OS. The van der Waals surface area contributed by atoms with Crippen LogP contribution in [-0.4, -0.2) is 25.4 Å². The summed E-state index contributed by atoms with van der Waals surface area (Å²) in [6.45, 7) is 1.08. The molecule has 0 aromatic rings. The molecule has 0 aliphatic carbocycles. The number of rotatable bonds is 3. The van der Waals surface area contributed by atoms with Gasteiger partial charge in [-0.05, 0) is 0 Å².